The fourth-order valence-corrected chi connectivity index (χ4v) is 8.27. The Balaban J connectivity index is 5.40. The summed E-state index contributed by atoms with van der Waals surface area (Å²) in [4.78, 5) is 37.4. The minimum absolute atomic E-state index is 0.0369. The lowest BCUT2D eigenvalue weighted by Crippen LogP contribution is -2.47. The van der Waals surface area contributed by atoms with Crippen LogP contribution in [-0.4, -0.2) is 74.3 Å². The van der Waals surface area contributed by atoms with Gasteiger partial charge in [0.15, 0.2) is 0 Å². The topological polar surface area (TPSA) is 111 Å². The van der Waals surface area contributed by atoms with Crippen molar-refractivity contribution in [2.24, 2.45) is 0 Å². The molecule has 9 nitrogen and oxygen atoms in total. The molecule has 10 heteroatoms. The summed E-state index contributed by atoms with van der Waals surface area (Å²) in [5.41, 5.74) is 0. The van der Waals surface area contributed by atoms with Crippen molar-refractivity contribution < 1.29 is 37.3 Å². The maximum Gasteiger partial charge on any atom is 0.472 e. The molecule has 0 aliphatic rings. The summed E-state index contributed by atoms with van der Waals surface area (Å²) in [6, 6.07) is -0.852. The van der Waals surface area contributed by atoms with Crippen LogP contribution in [0, 0.1) is 0 Å². The first-order valence-electron chi connectivity index (χ1n) is 27.0. The number of amides is 1. The molecule has 0 aromatic rings. The van der Waals surface area contributed by atoms with Gasteiger partial charge in [0.1, 0.15) is 19.3 Å². The summed E-state index contributed by atoms with van der Waals surface area (Å²) in [6.45, 7) is 6.95. The molecule has 0 saturated carbocycles. The number of rotatable bonds is 48. The van der Waals surface area contributed by atoms with Gasteiger partial charge in [0.05, 0.1) is 33.8 Å². The minimum Gasteiger partial charge on any atom is -0.456 e. The fraction of sp³-hybridized carbons (Fsp3) is 0.818. The summed E-state index contributed by atoms with van der Waals surface area (Å²) in [6.07, 6.45) is 53.8. The van der Waals surface area contributed by atoms with Gasteiger partial charge in [0, 0.05) is 12.8 Å². The summed E-state index contributed by atoms with van der Waals surface area (Å²) in [5, 5.41) is 3.03. The van der Waals surface area contributed by atoms with Gasteiger partial charge in [-0.3, -0.25) is 18.6 Å². The van der Waals surface area contributed by atoms with Gasteiger partial charge < -0.3 is 19.4 Å². The average Bonchev–Trinajstić information content (AvgIpc) is 3.26. The SMILES string of the molecule is CCCCC/C=C\C/C=C\C/C=C\CCCCCCC(=O)OC(/C=C/CCCCCCCCCCC)C(COP(=O)(O)OCC[N+](C)(C)C)NC(=O)CCCCCCCCCCCCC. The highest BCUT2D eigenvalue weighted by Crippen LogP contribution is 2.43. The molecule has 0 spiro atoms. The molecule has 65 heavy (non-hydrogen) atoms. The Labute approximate surface area is 401 Å². The average molecular weight is 936 g/mol. The number of carbonyl (C=O) groups excluding carboxylic acids is 2. The van der Waals surface area contributed by atoms with E-state index in [2.05, 4.69) is 62.5 Å². The number of phosphoric acid groups is 1. The van der Waals surface area contributed by atoms with Gasteiger partial charge in [0.2, 0.25) is 5.91 Å². The molecule has 0 radical (unpaired) electrons. The highest BCUT2D eigenvalue weighted by Gasteiger charge is 2.30. The van der Waals surface area contributed by atoms with Gasteiger partial charge >= 0.3 is 13.8 Å². The van der Waals surface area contributed by atoms with Gasteiger partial charge in [-0.05, 0) is 70.3 Å². The predicted octanol–water partition coefficient (Wildman–Crippen LogP) is 15.8. The Morgan fingerprint density at radius 2 is 0.938 bits per heavy atom. The number of phosphoric ester groups is 1. The van der Waals surface area contributed by atoms with Gasteiger partial charge in [-0.2, -0.15) is 0 Å². The Hall–Kier alpha value is -2.03. The lowest BCUT2D eigenvalue weighted by Gasteiger charge is -2.27. The van der Waals surface area contributed by atoms with Crippen LogP contribution in [0.4, 0.5) is 0 Å². The molecule has 380 valence electrons. The van der Waals surface area contributed by atoms with Crippen molar-refractivity contribution in [1.29, 1.82) is 0 Å². The second-order valence-electron chi connectivity index (χ2n) is 19.4. The number of unbranched alkanes of at least 4 members (excludes halogenated alkanes) is 26. The van der Waals surface area contributed by atoms with Gasteiger partial charge in [-0.1, -0.05) is 205 Å². The molecule has 0 fully saturated rings. The fourth-order valence-electron chi connectivity index (χ4n) is 7.53. The molecule has 1 amide bonds. The highest BCUT2D eigenvalue weighted by molar-refractivity contribution is 7.47. The van der Waals surface area contributed by atoms with E-state index >= 15 is 0 Å². The second-order valence-corrected chi connectivity index (χ2v) is 20.9. The molecule has 0 aromatic carbocycles. The van der Waals surface area contributed by atoms with Crippen molar-refractivity contribution in [2.75, 3.05) is 40.9 Å². The second kappa shape index (κ2) is 45.7. The minimum atomic E-state index is -4.44. The van der Waals surface area contributed by atoms with E-state index in [1.165, 1.54) is 122 Å². The monoisotopic (exact) mass is 936 g/mol. The normalized spacial score (nSPS) is 14.3. The van der Waals surface area contributed by atoms with E-state index in [0.29, 0.717) is 23.9 Å². The van der Waals surface area contributed by atoms with Crippen LogP contribution in [0.1, 0.15) is 239 Å². The smallest absolute Gasteiger partial charge is 0.456 e. The van der Waals surface area contributed by atoms with Crippen molar-refractivity contribution in [3.63, 3.8) is 0 Å². The predicted molar refractivity (Wildman–Crippen MR) is 277 cm³/mol. The summed E-state index contributed by atoms with van der Waals surface area (Å²) >= 11 is 0. The van der Waals surface area contributed by atoms with E-state index in [1.807, 2.05) is 33.3 Å². The molecule has 0 heterocycles. The third-order valence-electron chi connectivity index (χ3n) is 11.8. The number of nitrogens with one attached hydrogen (secondary N) is 1. The van der Waals surface area contributed by atoms with Crippen molar-refractivity contribution >= 4 is 19.7 Å². The quantitative estimate of drug-likeness (QED) is 0.0205. The van der Waals surface area contributed by atoms with Crippen LogP contribution in [0.25, 0.3) is 0 Å². The zero-order valence-corrected chi connectivity index (χ0v) is 44.1. The number of ether oxygens (including phenoxy) is 1. The van der Waals surface area contributed by atoms with E-state index in [0.717, 1.165) is 77.0 Å². The number of likely N-dealkylation sites (N-methyl/N-ethyl adjacent to an activating group) is 1. The van der Waals surface area contributed by atoms with Gasteiger partial charge in [-0.25, -0.2) is 4.57 Å². The molecule has 0 aromatic heterocycles. The summed E-state index contributed by atoms with van der Waals surface area (Å²) in [7, 11) is 1.48. The number of hydrogen-bond donors (Lipinski definition) is 2. The van der Waals surface area contributed by atoms with Crippen LogP contribution >= 0.6 is 7.82 Å². The lowest BCUT2D eigenvalue weighted by atomic mass is 10.0. The molecule has 0 bridgehead atoms. The summed E-state index contributed by atoms with van der Waals surface area (Å²) < 4.78 is 30.5. The number of allylic oxidation sites excluding steroid dienone is 7. The largest absolute Gasteiger partial charge is 0.472 e. The molecule has 0 aliphatic carbocycles. The van der Waals surface area contributed by atoms with Crippen LogP contribution in [0.5, 0.6) is 0 Å². The van der Waals surface area contributed by atoms with Crippen LogP contribution in [0.15, 0.2) is 48.6 Å². The third kappa shape index (κ3) is 46.9. The molecule has 0 aliphatic heterocycles. The van der Waals surface area contributed by atoms with E-state index < -0.39 is 20.0 Å². The molecular formula is C55H104N2O7P+. The molecule has 0 saturated heterocycles. The Bertz CT molecular complexity index is 1260. The number of nitrogens with zero attached hydrogens (tertiary/aromatic N) is 1. The first-order valence-corrected chi connectivity index (χ1v) is 28.5. The zero-order valence-electron chi connectivity index (χ0n) is 43.2. The van der Waals surface area contributed by atoms with Crippen molar-refractivity contribution in [3.05, 3.63) is 48.6 Å². The van der Waals surface area contributed by atoms with Crippen molar-refractivity contribution in [3.8, 4) is 0 Å². The Morgan fingerprint density at radius 3 is 1.43 bits per heavy atom. The van der Waals surface area contributed by atoms with Crippen molar-refractivity contribution in [2.45, 2.75) is 251 Å². The number of hydrogen-bond acceptors (Lipinski definition) is 6. The molecule has 3 unspecified atom stereocenters. The van der Waals surface area contributed by atoms with Crippen LogP contribution in [0.3, 0.4) is 0 Å². The lowest BCUT2D eigenvalue weighted by molar-refractivity contribution is -0.870. The molecule has 2 N–H and O–H groups in total. The van der Waals surface area contributed by atoms with E-state index in [4.69, 9.17) is 13.8 Å². The zero-order chi connectivity index (χ0) is 48.0. The van der Waals surface area contributed by atoms with Crippen LogP contribution < -0.4 is 5.32 Å². The van der Waals surface area contributed by atoms with E-state index in [9.17, 15) is 19.0 Å². The van der Waals surface area contributed by atoms with E-state index in [-0.39, 0.29) is 31.5 Å². The van der Waals surface area contributed by atoms with Crippen LogP contribution in [-0.2, 0) is 27.9 Å². The van der Waals surface area contributed by atoms with Crippen LogP contribution in [0.2, 0.25) is 0 Å². The summed E-state index contributed by atoms with van der Waals surface area (Å²) in [5.74, 6) is -0.529. The number of quaternary nitrogens is 1. The maximum atomic E-state index is 13.4. The first kappa shape index (κ1) is 63.0. The molecule has 0 rings (SSSR count). The number of esters is 1. The standard InChI is InChI=1S/C55H103N2O7P/c1-7-10-13-16-19-22-25-26-27-28-29-30-33-36-39-42-45-48-55(59)64-53(46-43-40-37-34-31-23-20-17-14-11-8-2)52(51-63-65(60,61)62-50-49-57(4,5)6)56-54(58)47-44-41-38-35-32-24-21-18-15-12-9-3/h19,22,26-27,29-30,43,46,52-53H,7-18,20-21,23-25,28,31-42,44-45,47-51H2,1-6H3,(H-,56,58,60,61)/p+1/b22-19-,27-26-,30-29-,46-43+. The third-order valence-corrected chi connectivity index (χ3v) is 12.8. The molecule has 3 atom stereocenters. The molecular weight excluding hydrogens is 832 g/mol. The van der Waals surface area contributed by atoms with E-state index in [1.54, 1.807) is 0 Å². The maximum absolute atomic E-state index is 13.4. The first-order chi connectivity index (χ1) is 31.4. The van der Waals surface area contributed by atoms with Crippen molar-refractivity contribution in [1.82, 2.24) is 5.32 Å². The Morgan fingerprint density at radius 1 is 0.538 bits per heavy atom. The van der Waals surface area contributed by atoms with Gasteiger partial charge in [0.25, 0.3) is 0 Å². The number of carbonyl (C=O) groups is 2. The van der Waals surface area contributed by atoms with Gasteiger partial charge in [-0.15, -0.1) is 0 Å². The Kier molecular flexibility index (Phi) is 44.3. The highest BCUT2D eigenvalue weighted by atomic mass is 31.2.